The number of H-pyrrole nitrogens is 1. The van der Waals surface area contributed by atoms with Gasteiger partial charge in [0.15, 0.2) is 5.75 Å². The average molecular weight is 468 g/mol. The Morgan fingerprint density at radius 3 is 2.59 bits per heavy atom. The number of halogens is 3. The highest BCUT2D eigenvalue weighted by Gasteiger charge is 2.13. The number of ether oxygens (including phenoxy) is 2. The minimum atomic E-state index is -0.374. The number of aromatic nitrogens is 2. The second-order valence-corrected chi connectivity index (χ2v) is 7.65. The molecule has 0 spiro atoms. The number of allylic oxidation sites excluding steroid dienone is 1. The third kappa shape index (κ3) is 4.54. The van der Waals surface area contributed by atoms with Gasteiger partial charge in [-0.2, -0.15) is 5.26 Å². The number of aromatic amines is 1. The Hall–Kier alpha value is -3.53. The Kier molecular flexibility index (Phi) is 6.31. The van der Waals surface area contributed by atoms with E-state index in [4.69, 9.17) is 32.7 Å². The fraction of sp³-hybridized carbons (Fsp3) is 0.0833. The first-order valence-electron chi connectivity index (χ1n) is 9.49. The van der Waals surface area contributed by atoms with Gasteiger partial charge in [-0.05, 0) is 42.0 Å². The molecule has 0 saturated heterocycles. The van der Waals surface area contributed by atoms with Crippen molar-refractivity contribution in [3.05, 3.63) is 87.4 Å². The number of imidazole rings is 1. The normalized spacial score (nSPS) is 11.4. The first-order valence-corrected chi connectivity index (χ1v) is 10.2. The Morgan fingerprint density at radius 1 is 1.16 bits per heavy atom. The van der Waals surface area contributed by atoms with Gasteiger partial charge in [0.05, 0.1) is 33.8 Å². The first-order chi connectivity index (χ1) is 15.5. The lowest BCUT2D eigenvalue weighted by Gasteiger charge is -2.11. The molecule has 4 aromatic rings. The summed E-state index contributed by atoms with van der Waals surface area (Å²) in [6.07, 6.45) is 1.62. The van der Waals surface area contributed by atoms with Crippen LogP contribution in [0.2, 0.25) is 10.0 Å². The lowest BCUT2D eigenvalue weighted by Crippen LogP contribution is -1.99. The number of benzene rings is 3. The van der Waals surface area contributed by atoms with E-state index in [0.29, 0.717) is 33.8 Å². The molecule has 32 heavy (non-hydrogen) atoms. The van der Waals surface area contributed by atoms with Gasteiger partial charge >= 0.3 is 0 Å². The summed E-state index contributed by atoms with van der Waals surface area (Å²) in [6, 6.07) is 17.1. The van der Waals surface area contributed by atoms with Crippen molar-refractivity contribution in [3.63, 3.8) is 0 Å². The molecule has 0 bridgehead atoms. The van der Waals surface area contributed by atoms with Gasteiger partial charge in [0.1, 0.15) is 30.1 Å². The molecule has 1 aromatic heterocycles. The van der Waals surface area contributed by atoms with E-state index in [1.165, 1.54) is 6.07 Å². The van der Waals surface area contributed by atoms with Crippen molar-refractivity contribution < 1.29 is 13.9 Å². The van der Waals surface area contributed by atoms with Gasteiger partial charge in [0, 0.05) is 11.6 Å². The monoisotopic (exact) mass is 467 g/mol. The van der Waals surface area contributed by atoms with Crippen LogP contribution in [-0.2, 0) is 6.61 Å². The Balaban J connectivity index is 1.61. The lowest BCUT2D eigenvalue weighted by atomic mass is 10.1. The SMILES string of the molecule is COc1ccc2nc(/C(C#N)=C\c3cc(Cl)c(OCc4ccccc4F)c(Cl)c3)[nH]c2c1. The number of nitriles is 1. The fourth-order valence-electron chi connectivity index (χ4n) is 3.13. The van der Waals surface area contributed by atoms with Crippen LogP contribution in [0.15, 0.2) is 54.6 Å². The number of rotatable bonds is 6. The number of methoxy groups -OCH3 is 1. The van der Waals surface area contributed by atoms with Gasteiger partial charge in [-0.1, -0.05) is 41.4 Å². The molecule has 1 N–H and O–H groups in total. The van der Waals surface area contributed by atoms with Crippen molar-refractivity contribution in [1.29, 1.82) is 5.26 Å². The smallest absolute Gasteiger partial charge is 0.157 e. The van der Waals surface area contributed by atoms with E-state index >= 15 is 0 Å². The van der Waals surface area contributed by atoms with Gasteiger partial charge in [-0.3, -0.25) is 0 Å². The van der Waals surface area contributed by atoms with E-state index in [9.17, 15) is 9.65 Å². The summed E-state index contributed by atoms with van der Waals surface area (Å²) in [5.41, 5.74) is 2.72. The molecular formula is C24H16Cl2FN3O2. The molecule has 3 aromatic carbocycles. The van der Waals surface area contributed by atoms with Gasteiger partial charge in [-0.25, -0.2) is 9.37 Å². The third-order valence-electron chi connectivity index (χ3n) is 4.73. The summed E-state index contributed by atoms with van der Waals surface area (Å²) in [5, 5.41) is 10.2. The molecule has 8 heteroatoms. The van der Waals surface area contributed by atoms with Crippen LogP contribution in [0.3, 0.4) is 0 Å². The van der Waals surface area contributed by atoms with Crippen LogP contribution in [0.4, 0.5) is 4.39 Å². The molecule has 0 aliphatic heterocycles. The highest BCUT2D eigenvalue weighted by Crippen LogP contribution is 2.36. The molecule has 0 radical (unpaired) electrons. The quantitative estimate of drug-likeness (QED) is 0.321. The highest BCUT2D eigenvalue weighted by atomic mass is 35.5. The van der Waals surface area contributed by atoms with Gasteiger partial charge in [0.25, 0.3) is 0 Å². The molecule has 5 nitrogen and oxygen atoms in total. The average Bonchev–Trinajstić information content (AvgIpc) is 3.21. The molecule has 0 aliphatic carbocycles. The molecule has 0 amide bonds. The summed E-state index contributed by atoms with van der Waals surface area (Å²) < 4.78 is 24.7. The van der Waals surface area contributed by atoms with Crippen LogP contribution in [-0.4, -0.2) is 17.1 Å². The maximum atomic E-state index is 13.8. The first kappa shape index (κ1) is 21.7. The molecule has 4 rings (SSSR count). The maximum Gasteiger partial charge on any atom is 0.157 e. The Bertz CT molecular complexity index is 1350. The molecule has 0 unspecified atom stereocenters. The topological polar surface area (TPSA) is 70.9 Å². The fourth-order valence-corrected chi connectivity index (χ4v) is 3.74. The minimum Gasteiger partial charge on any atom is -0.497 e. The van der Waals surface area contributed by atoms with Crippen molar-refractivity contribution in [3.8, 4) is 17.6 Å². The molecule has 0 aliphatic rings. The zero-order valence-electron chi connectivity index (χ0n) is 16.8. The van der Waals surface area contributed by atoms with Crippen molar-refractivity contribution >= 4 is 45.9 Å². The van der Waals surface area contributed by atoms with Crippen molar-refractivity contribution in [2.75, 3.05) is 7.11 Å². The van der Waals surface area contributed by atoms with Crippen LogP contribution < -0.4 is 9.47 Å². The van der Waals surface area contributed by atoms with Crippen LogP contribution in [0.25, 0.3) is 22.7 Å². The summed E-state index contributed by atoms with van der Waals surface area (Å²) in [6.45, 7) is -0.0206. The van der Waals surface area contributed by atoms with Crippen LogP contribution >= 0.6 is 23.2 Å². The number of hydrogen-bond acceptors (Lipinski definition) is 4. The lowest BCUT2D eigenvalue weighted by molar-refractivity contribution is 0.300. The number of nitrogens with zero attached hydrogens (tertiary/aromatic N) is 2. The predicted octanol–water partition coefficient (Wildman–Crippen LogP) is 6.66. The largest absolute Gasteiger partial charge is 0.497 e. The van der Waals surface area contributed by atoms with Crippen molar-refractivity contribution in [1.82, 2.24) is 9.97 Å². The van der Waals surface area contributed by atoms with Crippen LogP contribution in [0, 0.1) is 17.1 Å². The third-order valence-corrected chi connectivity index (χ3v) is 5.29. The van der Waals surface area contributed by atoms with E-state index in [0.717, 1.165) is 5.52 Å². The van der Waals surface area contributed by atoms with Gasteiger partial charge in [-0.15, -0.1) is 0 Å². The predicted molar refractivity (Wildman–Crippen MR) is 123 cm³/mol. The maximum absolute atomic E-state index is 13.8. The zero-order chi connectivity index (χ0) is 22.7. The molecule has 0 fully saturated rings. The van der Waals surface area contributed by atoms with Gasteiger partial charge in [0.2, 0.25) is 0 Å². The van der Waals surface area contributed by atoms with Gasteiger partial charge < -0.3 is 14.5 Å². The highest BCUT2D eigenvalue weighted by molar-refractivity contribution is 6.37. The Labute approximate surface area is 193 Å². The summed E-state index contributed by atoms with van der Waals surface area (Å²) >= 11 is 12.7. The second-order valence-electron chi connectivity index (χ2n) is 6.83. The summed E-state index contributed by atoms with van der Waals surface area (Å²) in [4.78, 5) is 7.58. The number of fused-ring (bicyclic) bond motifs is 1. The summed E-state index contributed by atoms with van der Waals surface area (Å²) in [5.74, 6) is 0.951. The van der Waals surface area contributed by atoms with E-state index < -0.39 is 0 Å². The van der Waals surface area contributed by atoms with E-state index in [-0.39, 0.29) is 28.2 Å². The molecule has 0 atom stereocenters. The van der Waals surface area contributed by atoms with E-state index in [2.05, 4.69) is 16.0 Å². The second kappa shape index (κ2) is 9.31. The van der Waals surface area contributed by atoms with Crippen molar-refractivity contribution in [2.45, 2.75) is 6.61 Å². The molecule has 160 valence electrons. The summed E-state index contributed by atoms with van der Waals surface area (Å²) in [7, 11) is 1.58. The van der Waals surface area contributed by atoms with Crippen LogP contribution in [0.5, 0.6) is 11.5 Å². The molecular weight excluding hydrogens is 452 g/mol. The Morgan fingerprint density at radius 2 is 1.91 bits per heavy atom. The van der Waals surface area contributed by atoms with E-state index in [1.54, 1.807) is 61.7 Å². The molecule has 0 saturated carbocycles. The molecule has 1 heterocycles. The van der Waals surface area contributed by atoms with Crippen LogP contribution in [0.1, 0.15) is 17.0 Å². The van der Waals surface area contributed by atoms with Crippen molar-refractivity contribution in [2.24, 2.45) is 0 Å². The number of nitrogens with one attached hydrogen (secondary N) is 1. The van der Waals surface area contributed by atoms with E-state index in [1.807, 2.05) is 0 Å². The zero-order valence-corrected chi connectivity index (χ0v) is 18.3. The number of hydrogen-bond donors (Lipinski definition) is 1. The minimum absolute atomic E-state index is 0.0206. The standard InChI is InChI=1S/C24H16Cl2FN3O2/c1-31-17-6-7-21-22(11-17)30-24(29-21)16(12-28)8-14-9-18(25)23(19(26)10-14)32-13-15-4-2-3-5-20(15)27/h2-11H,13H2,1H3,(H,29,30)/b16-8-.